The largest absolute Gasteiger partial charge is 0.328 e. The zero-order chi connectivity index (χ0) is 14.6. The first-order chi connectivity index (χ1) is 9.58. The lowest BCUT2D eigenvalue weighted by atomic mass is 9.97. The zero-order valence-corrected chi connectivity index (χ0v) is 12.7. The summed E-state index contributed by atoms with van der Waals surface area (Å²) >= 11 is 1.47. The Morgan fingerprint density at radius 1 is 1.10 bits per heavy atom. The molecule has 1 heterocycles. The minimum Gasteiger partial charge on any atom is -0.276 e. The number of hydrogen-bond acceptors (Lipinski definition) is 4. The van der Waals surface area contributed by atoms with Crippen molar-refractivity contribution in [2.24, 2.45) is 0 Å². The van der Waals surface area contributed by atoms with E-state index in [9.17, 15) is 14.4 Å². The third-order valence-corrected chi connectivity index (χ3v) is 5.77. The first-order valence-electron chi connectivity index (χ1n) is 7.43. The average Bonchev–Trinajstić information content (AvgIpc) is 2.42. The smallest absolute Gasteiger partial charge is 0.276 e. The standard InChI is InChI=1S/C14H22N2O3S/c1-2-3-9-14(20-10-7-5-4-6-8-10)11(17)15-13(19)16-12(14)18/h10H,2-9H2,1H3,(H2,15,16,17,18,19). The number of urea groups is 1. The molecule has 0 bridgehead atoms. The van der Waals surface area contributed by atoms with Crippen molar-refractivity contribution in [1.82, 2.24) is 10.6 Å². The van der Waals surface area contributed by atoms with E-state index in [4.69, 9.17) is 0 Å². The zero-order valence-electron chi connectivity index (χ0n) is 11.9. The number of hydrogen-bond donors (Lipinski definition) is 2. The summed E-state index contributed by atoms with van der Waals surface area (Å²) in [4.78, 5) is 35.9. The summed E-state index contributed by atoms with van der Waals surface area (Å²) in [7, 11) is 0. The normalized spacial score (nSPS) is 23.4. The van der Waals surface area contributed by atoms with Crippen molar-refractivity contribution >= 4 is 29.6 Å². The highest BCUT2D eigenvalue weighted by Crippen LogP contribution is 2.41. The topological polar surface area (TPSA) is 75.3 Å². The van der Waals surface area contributed by atoms with Gasteiger partial charge in [-0.25, -0.2) is 4.79 Å². The van der Waals surface area contributed by atoms with Gasteiger partial charge in [-0.05, 0) is 19.3 Å². The molecule has 1 aliphatic carbocycles. The van der Waals surface area contributed by atoms with Gasteiger partial charge in [-0.3, -0.25) is 20.2 Å². The van der Waals surface area contributed by atoms with Crippen molar-refractivity contribution in [3.05, 3.63) is 0 Å². The highest BCUT2D eigenvalue weighted by Gasteiger charge is 2.51. The molecule has 2 N–H and O–H groups in total. The number of carbonyl (C=O) groups is 3. The van der Waals surface area contributed by atoms with E-state index >= 15 is 0 Å². The number of unbranched alkanes of at least 4 members (excludes halogenated alkanes) is 1. The summed E-state index contributed by atoms with van der Waals surface area (Å²) in [6.07, 6.45) is 7.86. The molecule has 0 atom stereocenters. The summed E-state index contributed by atoms with van der Waals surface area (Å²) in [6, 6.07) is -0.698. The Kier molecular flexibility index (Phi) is 5.07. The van der Waals surface area contributed by atoms with E-state index in [2.05, 4.69) is 10.6 Å². The Morgan fingerprint density at radius 3 is 2.25 bits per heavy atom. The van der Waals surface area contributed by atoms with Gasteiger partial charge in [-0.1, -0.05) is 39.0 Å². The molecule has 1 saturated heterocycles. The van der Waals surface area contributed by atoms with Crippen LogP contribution in [0.3, 0.4) is 0 Å². The highest BCUT2D eigenvalue weighted by molar-refractivity contribution is 8.02. The molecule has 0 unspecified atom stereocenters. The second-order valence-corrected chi connectivity index (χ2v) is 7.15. The number of imide groups is 2. The van der Waals surface area contributed by atoms with Gasteiger partial charge < -0.3 is 0 Å². The van der Waals surface area contributed by atoms with Crippen LogP contribution in [0.4, 0.5) is 4.79 Å². The molecule has 2 aliphatic rings. The van der Waals surface area contributed by atoms with Gasteiger partial charge in [0.1, 0.15) is 0 Å². The summed E-state index contributed by atoms with van der Waals surface area (Å²) in [6.45, 7) is 2.03. The molecule has 0 radical (unpaired) electrons. The molecule has 2 fully saturated rings. The van der Waals surface area contributed by atoms with Crippen LogP contribution in [0.1, 0.15) is 58.3 Å². The van der Waals surface area contributed by atoms with Crippen LogP contribution in [-0.4, -0.2) is 27.8 Å². The van der Waals surface area contributed by atoms with Crippen LogP contribution in [0.25, 0.3) is 0 Å². The van der Waals surface area contributed by atoms with Gasteiger partial charge in [0.05, 0.1) is 0 Å². The molecule has 0 aromatic carbocycles. The number of barbiturate groups is 1. The third-order valence-electron chi connectivity index (χ3n) is 3.99. The lowest BCUT2D eigenvalue weighted by Crippen LogP contribution is -2.65. The summed E-state index contributed by atoms with van der Waals surface area (Å²) in [5.41, 5.74) is 0. The number of nitrogens with one attached hydrogen (secondary N) is 2. The van der Waals surface area contributed by atoms with E-state index in [0.717, 1.165) is 38.5 Å². The lowest BCUT2D eigenvalue weighted by Gasteiger charge is -2.37. The maximum atomic E-state index is 12.3. The van der Waals surface area contributed by atoms with E-state index in [1.807, 2.05) is 6.92 Å². The predicted octanol–water partition coefficient (Wildman–Crippen LogP) is 2.35. The fraction of sp³-hybridized carbons (Fsp3) is 0.786. The minimum absolute atomic E-state index is 0.338. The van der Waals surface area contributed by atoms with Crippen LogP contribution >= 0.6 is 11.8 Å². The molecule has 6 heteroatoms. The number of amides is 4. The van der Waals surface area contributed by atoms with Crippen LogP contribution < -0.4 is 10.6 Å². The monoisotopic (exact) mass is 298 g/mol. The first-order valence-corrected chi connectivity index (χ1v) is 8.31. The van der Waals surface area contributed by atoms with Crippen LogP contribution in [0, 0.1) is 0 Å². The predicted molar refractivity (Wildman–Crippen MR) is 78.4 cm³/mol. The summed E-state index contributed by atoms with van der Waals surface area (Å²) in [5.74, 6) is -0.870. The molecule has 0 spiro atoms. The van der Waals surface area contributed by atoms with Crippen molar-refractivity contribution in [2.45, 2.75) is 68.3 Å². The van der Waals surface area contributed by atoms with Crippen molar-refractivity contribution in [2.75, 3.05) is 0 Å². The van der Waals surface area contributed by atoms with E-state index < -0.39 is 22.6 Å². The van der Waals surface area contributed by atoms with E-state index in [-0.39, 0.29) is 0 Å². The van der Waals surface area contributed by atoms with Crippen molar-refractivity contribution in [3.8, 4) is 0 Å². The summed E-state index contributed by atoms with van der Waals surface area (Å²) in [5, 5.41) is 4.88. The Labute approximate surface area is 123 Å². The van der Waals surface area contributed by atoms with Crippen molar-refractivity contribution < 1.29 is 14.4 Å². The second kappa shape index (κ2) is 6.61. The molecular formula is C14H22N2O3S. The average molecular weight is 298 g/mol. The number of carbonyl (C=O) groups excluding carboxylic acids is 3. The van der Waals surface area contributed by atoms with Crippen LogP contribution in [-0.2, 0) is 9.59 Å². The van der Waals surface area contributed by atoms with Crippen LogP contribution in [0.5, 0.6) is 0 Å². The Bertz CT molecular complexity index is 385. The third kappa shape index (κ3) is 3.16. The van der Waals surface area contributed by atoms with Gasteiger partial charge >= 0.3 is 6.03 Å². The van der Waals surface area contributed by atoms with E-state index in [1.54, 1.807) is 0 Å². The lowest BCUT2D eigenvalue weighted by molar-refractivity contribution is -0.133. The molecule has 4 amide bonds. The van der Waals surface area contributed by atoms with Crippen LogP contribution in [0.2, 0.25) is 0 Å². The second-order valence-electron chi connectivity index (χ2n) is 5.55. The Hall–Kier alpha value is -1.04. The van der Waals surface area contributed by atoms with E-state index in [1.165, 1.54) is 18.2 Å². The van der Waals surface area contributed by atoms with Gasteiger partial charge in [0.25, 0.3) is 11.8 Å². The van der Waals surface area contributed by atoms with Crippen molar-refractivity contribution in [3.63, 3.8) is 0 Å². The highest BCUT2D eigenvalue weighted by atomic mass is 32.2. The Morgan fingerprint density at radius 2 is 1.70 bits per heavy atom. The van der Waals surface area contributed by atoms with Gasteiger partial charge in [-0.15, -0.1) is 11.8 Å². The molecule has 0 aromatic heterocycles. The number of thioether (sulfide) groups is 1. The summed E-state index contributed by atoms with van der Waals surface area (Å²) < 4.78 is -1.12. The van der Waals surface area contributed by atoms with Gasteiger partial charge in [0.2, 0.25) is 0 Å². The molecule has 5 nitrogen and oxygen atoms in total. The fourth-order valence-electron chi connectivity index (χ4n) is 2.83. The first kappa shape index (κ1) is 15.4. The maximum absolute atomic E-state index is 12.3. The Balaban J connectivity index is 2.16. The fourth-order valence-corrected chi connectivity index (χ4v) is 4.55. The molecule has 2 rings (SSSR count). The molecule has 0 aromatic rings. The van der Waals surface area contributed by atoms with Gasteiger partial charge in [0.15, 0.2) is 4.75 Å². The number of rotatable bonds is 5. The minimum atomic E-state index is -1.12. The quantitative estimate of drug-likeness (QED) is 0.764. The molecule has 1 saturated carbocycles. The van der Waals surface area contributed by atoms with E-state index in [0.29, 0.717) is 11.7 Å². The molecule has 1 aliphatic heterocycles. The SMILES string of the molecule is CCCCC1(SC2CCCCC2)C(=O)NC(=O)NC1=O. The van der Waals surface area contributed by atoms with Crippen molar-refractivity contribution in [1.29, 1.82) is 0 Å². The molecular weight excluding hydrogens is 276 g/mol. The van der Waals surface area contributed by atoms with Gasteiger partial charge in [0, 0.05) is 5.25 Å². The molecule has 20 heavy (non-hydrogen) atoms. The maximum Gasteiger partial charge on any atom is 0.328 e. The van der Waals surface area contributed by atoms with Gasteiger partial charge in [-0.2, -0.15) is 0 Å². The molecule has 112 valence electrons. The van der Waals surface area contributed by atoms with Crippen LogP contribution in [0.15, 0.2) is 0 Å².